The van der Waals surface area contributed by atoms with Crippen LogP contribution in [0.15, 0.2) is 36.4 Å². The number of rotatable bonds is 9. The molecular formula is C29H36N4O3S. The standard InChI is InChI=1S/C29H36N4O3S/c1-19(2)31-29(34)32-21-8-6-20(7-9-21)28-26(17-30)25-11-10-23(16-27(25)33(28)22-4-3-5-22)36-14-15-37-24-12-13-35-18-24/h6-8,10-11,16,19,21-22,24H,3-5,9,12-15,18H2,1-2H3,(H2,31,32,34). The minimum atomic E-state index is -0.162. The minimum absolute atomic E-state index is 0.0664. The van der Waals surface area contributed by atoms with Gasteiger partial charge in [0.25, 0.3) is 0 Å². The first kappa shape index (κ1) is 25.7. The lowest BCUT2D eigenvalue weighted by molar-refractivity contribution is 0.199. The third kappa shape index (κ3) is 5.83. The predicted molar refractivity (Wildman–Crippen MR) is 149 cm³/mol. The zero-order valence-corrected chi connectivity index (χ0v) is 22.5. The molecule has 2 aromatic rings. The van der Waals surface area contributed by atoms with Crippen LogP contribution in [-0.4, -0.2) is 53.5 Å². The molecule has 1 saturated carbocycles. The van der Waals surface area contributed by atoms with Crippen LogP contribution in [0.4, 0.5) is 4.79 Å². The molecule has 5 rings (SSSR count). The number of benzene rings is 1. The summed E-state index contributed by atoms with van der Waals surface area (Å²) in [6, 6.07) is 8.87. The normalized spacial score (nSPS) is 21.5. The van der Waals surface area contributed by atoms with E-state index in [1.807, 2.05) is 43.8 Å². The molecule has 2 fully saturated rings. The maximum absolute atomic E-state index is 12.1. The van der Waals surface area contributed by atoms with Gasteiger partial charge in [-0.2, -0.15) is 17.0 Å². The van der Waals surface area contributed by atoms with E-state index in [9.17, 15) is 10.1 Å². The van der Waals surface area contributed by atoms with Crippen molar-refractivity contribution < 1.29 is 14.3 Å². The lowest BCUT2D eigenvalue weighted by Crippen LogP contribution is -2.44. The molecule has 0 bridgehead atoms. The average Bonchev–Trinajstić information content (AvgIpc) is 3.47. The monoisotopic (exact) mass is 520 g/mol. The van der Waals surface area contributed by atoms with Gasteiger partial charge in [-0.3, -0.25) is 0 Å². The molecule has 0 spiro atoms. The van der Waals surface area contributed by atoms with Gasteiger partial charge >= 0.3 is 6.03 Å². The van der Waals surface area contributed by atoms with E-state index in [0.717, 1.165) is 66.1 Å². The molecule has 2 unspecified atom stereocenters. The van der Waals surface area contributed by atoms with Gasteiger partial charge in [0.05, 0.1) is 36.0 Å². The van der Waals surface area contributed by atoms with E-state index in [1.165, 1.54) is 6.42 Å². The van der Waals surface area contributed by atoms with Gasteiger partial charge < -0.3 is 24.7 Å². The number of urea groups is 1. The van der Waals surface area contributed by atoms with E-state index in [-0.39, 0.29) is 18.1 Å². The molecule has 2 atom stereocenters. The highest BCUT2D eigenvalue weighted by molar-refractivity contribution is 7.99. The van der Waals surface area contributed by atoms with Crippen LogP contribution < -0.4 is 15.4 Å². The van der Waals surface area contributed by atoms with Crippen molar-refractivity contribution in [2.75, 3.05) is 25.6 Å². The molecule has 1 saturated heterocycles. The van der Waals surface area contributed by atoms with Crippen molar-refractivity contribution in [2.24, 2.45) is 0 Å². The summed E-state index contributed by atoms with van der Waals surface area (Å²) in [5.41, 5.74) is 3.80. The molecule has 2 heterocycles. The van der Waals surface area contributed by atoms with Crippen LogP contribution in [0.3, 0.4) is 0 Å². The Morgan fingerprint density at radius 2 is 2.19 bits per heavy atom. The zero-order valence-electron chi connectivity index (χ0n) is 21.7. The zero-order chi connectivity index (χ0) is 25.8. The lowest BCUT2D eigenvalue weighted by atomic mass is 9.91. The number of allylic oxidation sites excluding steroid dienone is 2. The molecule has 1 aromatic heterocycles. The second kappa shape index (κ2) is 11.7. The number of carbonyl (C=O) groups is 1. The first-order valence-corrected chi connectivity index (χ1v) is 14.4. The van der Waals surface area contributed by atoms with Crippen LogP contribution >= 0.6 is 11.8 Å². The Balaban J connectivity index is 1.36. The number of aromatic nitrogens is 1. The summed E-state index contributed by atoms with van der Waals surface area (Å²) in [5, 5.41) is 17.6. The molecule has 3 aliphatic rings. The first-order chi connectivity index (χ1) is 18.0. The quantitative estimate of drug-likeness (QED) is 0.423. The Morgan fingerprint density at radius 3 is 2.84 bits per heavy atom. The fourth-order valence-corrected chi connectivity index (χ4v) is 6.16. The largest absolute Gasteiger partial charge is 0.493 e. The van der Waals surface area contributed by atoms with Gasteiger partial charge in [-0.25, -0.2) is 4.79 Å². The summed E-state index contributed by atoms with van der Waals surface area (Å²) < 4.78 is 14.0. The van der Waals surface area contributed by atoms with Crippen LogP contribution in [0.25, 0.3) is 16.5 Å². The fraction of sp³-hybridized carbons (Fsp3) is 0.517. The Hall–Kier alpha value is -2.89. The van der Waals surface area contributed by atoms with Crippen molar-refractivity contribution in [3.63, 3.8) is 0 Å². The molecule has 1 aliphatic heterocycles. The Kier molecular flexibility index (Phi) is 8.11. The van der Waals surface area contributed by atoms with E-state index in [2.05, 4.69) is 39.5 Å². The number of fused-ring (bicyclic) bond motifs is 1. The number of hydrogen-bond donors (Lipinski definition) is 2. The highest BCUT2D eigenvalue weighted by Crippen LogP contribution is 2.42. The van der Waals surface area contributed by atoms with Crippen molar-refractivity contribution in [3.8, 4) is 11.8 Å². The lowest BCUT2D eigenvalue weighted by Gasteiger charge is -2.31. The van der Waals surface area contributed by atoms with Gasteiger partial charge in [0.1, 0.15) is 11.8 Å². The van der Waals surface area contributed by atoms with E-state index in [0.29, 0.717) is 29.9 Å². The average molecular weight is 521 g/mol. The SMILES string of the molecule is CC(C)NC(=O)NC1C=CC(c2c(C#N)c3ccc(OCCSC4CCOC4)cc3n2C2CCC2)=CC1. The van der Waals surface area contributed by atoms with Gasteiger partial charge in [0, 0.05) is 41.1 Å². The number of ether oxygens (including phenoxy) is 2. The van der Waals surface area contributed by atoms with E-state index < -0.39 is 0 Å². The van der Waals surface area contributed by atoms with Gasteiger partial charge in [-0.15, -0.1) is 0 Å². The summed E-state index contributed by atoms with van der Waals surface area (Å²) >= 11 is 1.92. The van der Waals surface area contributed by atoms with E-state index >= 15 is 0 Å². The van der Waals surface area contributed by atoms with Crippen LogP contribution in [-0.2, 0) is 4.74 Å². The molecule has 8 heteroatoms. The van der Waals surface area contributed by atoms with Crippen molar-refractivity contribution in [3.05, 3.63) is 47.7 Å². The van der Waals surface area contributed by atoms with Crippen LogP contribution in [0.2, 0.25) is 0 Å². The molecule has 2 aliphatic carbocycles. The number of amides is 2. The Bertz CT molecular complexity index is 1230. The molecule has 37 heavy (non-hydrogen) atoms. The van der Waals surface area contributed by atoms with Crippen molar-refractivity contribution in [1.82, 2.24) is 15.2 Å². The number of thioether (sulfide) groups is 1. The van der Waals surface area contributed by atoms with Crippen molar-refractivity contribution in [1.29, 1.82) is 5.26 Å². The smallest absolute Gasteiger partial charge is 0.315 e. The molecular weight excluding hydrogens is 484 g/mol. The summed E-state index contributed by atoms with van der Waals surface area (Å²) in [6.45, 7) is 6.25. The van der Waals surface area contributed by atoms with Gasteiger partial charge in [-0.1, -0.05) is 18.2 Å². The molecule has 7 nitrogen and oxygen atoms in total. The van der Waals surface area contributed by atoms with Gasteiger partial charge in [0.2, 0.25) is 0 Å². The second-order valence-corrected chi connectivity index (χ2v) is 11.7. The highest BCUT2D eigenvalue weighted by atomic mass is 32.2. The van der Waals surface area contributed by atoms with Crippen LogP contribution in [0, 0.1) is 11.3 Å². The van der Waals surface area contributed by atoms with E-state index in [4.69, 9.17) is 9.47 Å². The molecule has 196 valence electrons. The summed E-state index contributed by atoms with van der Waals surface area (Å²) in [5.74, 6) is 1.78. The summed E-state index contributed by atoms with van der Waals surface area (Å²) in [4.78, 5) is 12.1. The summed E-state index contributed by atoms with van der Waals surface area (Å²) in [6.07, 6.45) is 11.5. The predicted octanol–water partition coefficient (Wildman–Crippen LogP) is 5.56. The molecule has 1 aromatic carbocycles. The fourth-order valence-electron chi connectivity index (χ4n) is 5.20. The number of nitrogens with zero attached hydrogens (tertiary/aromatic N) is 2. The van der Waals surface area contributed by atoms with E-state index in [1.54, 1.807) is 0 Å². The van der Waals surface area contributed by atoms with Gasteiger partial charge in [-0.05, 0) is 63.7 Å². The number of nitrogens with one attached hydrogen (secondary N) is 2. The van der Waals surface area contributed by atoms with Crippen LogP contribution in [0.1, 0.15) is 63.3 Å². The minimum Gasteiger partial charge on any atom is -0.493 e. The number of hydrogen-bond acceptors (Lipinski definition) is 5. The third-order valence-corrected chi connectivity index (χ3v) is 8.48. The maximum atomic E-state index is 12.1. The number of carbonyl (C=O) groups excluding carboxylic acids is 1. The molecule has 2 amide bonds. The van der Waals surface area contributed by atoms with Crippen molar-refractivity contribution >= 4 is 34.3 Å². The molecule has 2 N–H and O–H groups in total. The van der Waals surface area contributed by atoms with Gasteiger partial charge in [0.15, 0.2) is 0 Å². The third-order valence-electron chi connectivity index (χ3n) is 7.23. The second-order valence-electron chi connectivity index (χ2n) is 10.3. The Morgan fingerprint density at radius 1 is 1.32 bits per heavy atom. The number of nitriles is 1. The molecule has 0 radical (unpaired) electrons. The van der Waals surface area contributed by atoms with Crippen molar-refractivity contribution in [2.45, 2.75) is 69.3 Å². The maximum Gasteiger partial charge on any atom is 0.315 e. The van der Waals surface area contributed by atoms with Crippen LogP contribution in [0.5, 0.6) is 5.75 Å². The summed E-state index contributed by atoms with van der Waals surface area (Å²) in [7, 11) is 0. The topological polar surface area (TPSA) is 88.3 Å². The first-order valence-electron chi connectivity index (χ1n) is 13.4. The highest BCUT2D eigenvalue weighted by Gasteiger charge is 2.29. The Labute approximate surface area is 223 Å².